The van der Waals surface area contributed by atoms with Crippen molar-refractivity contribution in [3.63, 3.8) is 0 Å². The van der Waals surface area contributed by atoms with Crippen LogP contribution >= 0.6 is 0 Å². The van der Waals surface area contributed by atoms with Crippen LogP contribution in [-0.4, -0.2) is 19.1 Å². The molecule has 0 aliphatic carbocycles. The Morgan fingerprint density at radius 3 is 2.88 bits per heavy atom. The summed E-state index contributed by atoms with van der Waals surface area (Å²) in [5, 5.41) is 6.37. The molecule has 3 rings (SSSR count). The molecule has 1 heterocycles. The van der Waals surface area contributed by atoms with E-state index in [4.69, 9.17) is 4.74 Å². The highest BCUT2D eigenvalue weighted by Gasteiger charge is 2.18. The van der Waals surface area contributed by atoms with Crippen LogP contribution in [0.1, 0.15) is 36.2 Å². The minimum Gasteiger partial charge on any atom is -0.491 e. The third-order valence-corrected chi connectivity index (χ3v) is 4.05. The molecule has 0 spiro atoms. The van der Waals surface area contributed by atoms with E-state index in [0.29, 0.717) is 24.0 Å². The van der Waals surface area contributed by atoms with E-state index in [1.165, 1.54) is 0 Å². The van der Waals surface area contributed by atoms with E-state index in [0.717, 1.165) is 36.2 Å². The lowest BCUT2D eigenvalue weighted by Crippen LogP contribution is -2.19. The minimum absolute atomic E-state index is 0.0869. The topological polar surface area (TPSA) is 50.4 Å². The molecule has 126 valence electrons. The number of nitrogens with one attached hydrogen (secondary N) is 2. The van der Waals surface area contributed by atoms with Crippen LogP contribution in [0, 0.1) is 5.92 Å². The standard InChI is InChI=1S/C20H24N2O2/c1-14(2)13-24-19-11-4-3-9-18(19)22-20(23)16-7-5-10-17-15(16)8-6-12-21-17/h3-5,7,9-11,14,21H,6,8,12-13H2,1-2H3,(H,22,23). The molecular formula is C20H24N2O2. The highest BCUT2D eigenvalue weighted by molar-refractivity contribution is 6.07. The first-order chi connectivity index (χ1) is 11.6. The Balaban J connectivity index is 1.81. The van der Waals surface area contributed by atoms with E-state index in [-0.39, 0.29) is 5.91 Å². The molecule has 4 nitrogen and oxygen atoms in total. The van der Waals surface area contributed by atoms with Gasteiger partial charge in [0.05, 0.1) is 12.3 Å². The summed E-state index contributed by atoms with van der Waals surface area (Å²) in [4.78, 5) is 12.8. The Morgan fingerprint density at radius 1 is 1.21 bits per heavy atom. The number of fused-ring (bicyclic) bond motifs is 1. The van der Waals surface area contributed by atoms with Crippen LogP contribution in [0.2, 0.25) is 0 Å². The van der Waals surface area contributed by atoms with E-state index in [9.17, 15) is 4.79 Å². The molecule has 0 atom stereocenters. The molecule has 0 unspecified atom stereocenters. The van der Waals surface area contributed by atoms with Crippen LogP contribution in [0.15, 0.2) is 42.5 Å². The number of carbonyl (C=O) groups excluding carboxylic acids is 1. The number of para-hydroxylation sites is 2. The van der Waals surface area contributed by atoms with Crippen LogP contribution < -0.4 is 15.4 Å². The first-order valence-electron chi connectivity index (χ1n) is 8.54. The van der Waals surface area contributed by atoms with Gasteiger partial charge in [-0.15, -0.1) is 0 Å². The fourth-order valence-corrected chi connectivity index (χ4v) is 2.86. The van der Waals surface area contributed by atoms with Crippen molar-refractivity contribution in [1.82, 2.24) is 0 Å². The Hall–Kier alpha value is -2.49. The van der Waals surface area contributed by atoms with Crippen molar-refractivity contribution in [3.8, 4) is 5.75 Å². The van der Waals surface area contributed by atoms with Gasteiger partial charge < -0.3 is 15.4 Å². The highest BCUT2D eigenvalue weighted by atomic mass is 16.5. The molecule has 24 heavy (non-hydrogen) atoms. The number of anilines is 2. The van der Waals surface area contributed by atoms with Crippen molar-refractivity contribution in [2.24, 2.45) is 5.92 Å². The molecule has 0 radical (unpaired) electrons. The van der Waals surface area contributed by atoms with Crippen LogP contribution in [0.25, 0.3) is 0 Å². The summed E-state index contributed by atoms with van der Waals surface area (Å²) in [6.45, 7) is 5.79. The average Bonchev–Trinajstić information content (AvgIpc) is 2.60. The van der Waals surface area contributed by atoms with Gasteiger partial charge in [-0.05, 0) is 48.6 Å². The molecule has 1 amide bonds. The number of hydrogen-bond acceptors (Lipinski definition) is 3. The van der Waals surface area contributed by atoms with Crippen LogP contribution in [-0.2, 0) is 6.42 Å². The molecule has 4 heteroatoms. The van der Waals surface area contributed by atoms with Crippen molar-refractivity contribution in [2.75, 3.05) is 23.8 Å². The van der Waals surface area contributed by atoms with Gasteiger partial charge in [0.2, 0.25) is 0 Å². The first kappa shape index (κ1) is 16.4. The van der Waals surface area contributed by atoms with Gasteiger partial charge in [-0.2, -0.15) is 0 Å². The molecule has 0 aromatic heterocycles. The van der Waals surface area contributed by atoms with Gasteiger partial charge in [0.15, 0.2) is 0 Å². The summed E-state index contributed by atoms with van der Waals surface area (Å²) < 4.78 is 5.82. The number of rotatable bonds is 5. The summed E-state index contributed by atoms with van der Waals surface area (Å²) >= 11 is 0. The highest BCUT2D eigenvalue weighted by Crippen LogP contribution is 2.28. The third-order valence-electron chi connectivity index (χ3n) is 4.05. The molecule has 2 N–H and O–H groups in total. The lowest BCUT2D eigenvalue weighted by Gasteiger charge is -2.21. The van der Waals surface area contributed by atoms with Gasteiger partial charge in [-0.3, -0.25) is 4.79 Å². The van der Waals surface area contributed by atoms with E-state index < -0.39 is 0 Å². The normalized spacial score (nSPS) is 13.1. The fourth-order valence-electron chi connectivity index (χ4n) is 2.86. The van der Waals surface area contributed by atoms with Crippen molar-refractivity contribution in [1.29, 1.82) is 0 Å². The summed E-state index contributed by atoms with van der Waals surface area (Å²) in [6.07, 6.45) is 1.98. The quantitative estimate of drug-likeness (QED) is 0.860. The van der Waals surface area contributed by atoms with E-state index >= 15 is 0 Å². The predicted molar refractivity (Wildman–Crippen MR) is 98.0 cm³/mol. The molecule has 1 aliphatic heterocycles. The second kappa shape index (κ2) is 7.39. The molecular weight excluding hydrogens is 300 g/mol. The summed E-state index contributed by atoms with van der Waals surface area (Å²) in [7, 11) is 0. The molecule has 0 saturated carbocycles. The van der Waals surface area contributed by atoms with Gasteiger partial charge in [0.25, 0.3) is 5.91 Å². The molecule has 2 aromatic carbocycles. The number of amides is 1. The zero-order valence-corrected chi connectivity index (χ0v) is 14.3. The zero-order valence-electron chi connectivity index (χ0n) is 14.3. The number of ether oxygens (including phenoxy) is 1. The van der Waals surface area contributed by atoms with Gasteiger partial charge in [-0.1, -0.05) is 32.0 Å². The Bertz CT molecular complexity index is 725. The number of benzene rings is 2. The second-order valence-corrected chi connectivity index (χ2v) is 6.52. The van der Waals surface area contributed by atoms with Gasteiger partial charge in [0.1, 0.15) is 5.75 Å². The Morgan fingerprint density at radius 2 is 2.04 bits per heavy atom. The van der Waals surface area contributed by atoms with Crippen molar-refractivity contribution in [2.45, 2.75) is 26.7 Å². The lowest BCUT2D eigenvalue weighted by atomic mass is 9.97. The molecule has 0 bridgehead atoms. The zero-order chi connectivity index (χ0) is 16.9. The summed E-state index contributed by atoms with van der Waals surface area (Å²) in [6, 6.07) is 13.4. The smallest absolute Gasteiger partial charge is 0.256 e. The van der Waals surface area contributed by atoms with Crippen LogP contribution in [0.3, 0.4) is 0 Å². The number of hydrogen-bond donors (Lipinski definition) is 2. The Kier molecular flexibility index (Phi) is 5.04. The summed E-state index contributed by atoms with van der Waals surface area (Å²) in [5.74, 6) is 1.06. The molecule has 2 aromatic rings. The van der Waals surface area contributed by atoms with Crippen LogP contribution in [0.5, 0.6) is 5.75 Å². The maximum absolute atomic E-state index is 12.8. The maximum Gasteiger partial charge on any atom is 0.256 e. The van der Waals surface area contributed by atoms with E-state index in [1.807, 2.05) is 42.5 Å². The Labute approximate surface area is 143 Å². The SMILES string of the molecule is CC(C)COc1ccccc1NC(=O)c1cccc2c1CCCN2. The van der Waals surface area contributed by atoms with Gasteiger partial charge in [0, 0.05) is 17.8 Å². The third kappa shape index (κ3) is 3.70. The molecule has 1 aliphatic rings. The van der Waals surface area contributed by atoms with Crippen molar-refractivity contribution in [3.05, 3.63) is 53.6 Å². The molecule has 0 saturated heterocycles. The summed E-state index contributed by atoms with van der Waals surface area (Å²) in [5.41, 5.74) is 3.61. The minimum atomic E-state index is -0.0869. The second-order valence-electron chi connectivity index (χ2n) is 6.52. The van der Waals surface area contributed by atoms with Crippen molar-refractivity contribution < 1.29 is 9.53 Å². The monoisotopic (exact) mass is 324 g/mol. The van der Waals surface area contributed by atoms with E-state index in [2.05, 4.69) is 24.5 Å². The van der Waals surface area contributed by atoms with Crippen LogP contribution in [0.4, 0.5) is 11.4 Å². The van der Waals surface area contributed by atoms with Gasteiger partial charge in [-0.25, -0.2) is 0 Å². The average molecular weight is 324 g/mol. The first-order valence-corrected chi connectivity index (χ1v) is 8.54. The largest absolute Gasteiger partial charge is 0.491 e. The van der Waals surface area contributed by atoms with E-state index in [1.54, 1.807) is 0 Å². The lowest BCUT2D eigenvalue weighted by molar-refractivity contribution is 0.102. The van der Waals surface area contributed by atoms with Gasteiger partial charge >= 0.3 is 0 Å². The number of carbonyl (C=O) groups is 1. The predicted octanol–water partition coefficient (Wildman–Crippen LogP) is 4.33. The molecule has 0 fully saturated rings. The maximum atomic E-state index is 12.8. The fraction of sp³-hybridized carbons (Fsp3) is 0.350. The van der Waals surface area contributed by atoms with Crippen molar-refractivity contribution >= 4 is 17.3 Å².